The predicted molar refractivity (Wildman–Crippen MR) is 65.4 cm³/mol. The Balaban J connectivity index is 2.70. The molecule has 0 spiro atoms. The van der Waals surface area contributed by atoms with Crippen molar-refractivity contribution < 1.29 is 4.79 Å². The van der Waals surface area contributed by atoms with Crippen LogP contribution in [0.15, 0.2) is 29.2 Å². The van der Waals surface area contributed by atoms with E-state index in [0.29, 0.717) is 6.54 Å². The summed E-state index contributed by atoms with van der Waals surface area (Å²) in [5.74, 6) is 0.987. The molecule has 0 fully saturated rings. The second-order valence-electron chi connectivity index (χ2n) is 3.01. The molecular weight excluding hydrogens is 208 g/mol. The number of anilines is 1. The summed E-state index contributed by atoms with van der Waals surface area (Å²) in [6, 6.07) is 7.84. The molecule has 1 amide bonds. The van der Waals surface area contributed by atoms with Gasteiger partial charge in [0.1, 0.15) is 0 Å². The van der Waals surface area contributed by atoms with Crippen LogP contribution in [0.3, 0.4) is 0 Å². The van der Waals surface area contributed by atoms with Gasteiger partial charge >= 0.3 is 0 Å². The van der Waals surface area contributed by atoms with Crippen LogP contribution in [0.2, 0.25) is 0 Å². The number of carbonyl (C=O) groups excluding carboxylic acids is 1. The Morgan fingerprint density at radius 1 is 1.40 bits per heavy atom. The molecule has 1 aromatic rings. The summed E-state index contributed by atoms with van der Waals surface area (Å²) in [5.41, 5.74) is 0.893. The van der Waals surface area contributed by atoms with E-state index in [1.807, 2.05) is 24.3 Å². The first kappa shape index (κ1) is 12.1. The maximum Gasteiger partial charge on any atom is 0.238 e. The number of benzene rings is 1. The lowest BCUT2D eigenvalue weighted by atomic mass is 10.3. The third kappa shape index (κ3) is 3.93. The lowest BCUT2D eigenvalue weighted by Gasteiger charge is -2.09. The Morgan fingerprint density at radius 3 is 2.80 bits per heavy atom. The van der Waals surface area contributed by atoms with Crippen LogP contribution < -0.4 is 10.6 Å². The molecule has 0 saturated heterocycles. The number of amides is 1. The zero-order valence-electron chi connectivity index (χ0n) is 9.04. The lowest BCUT2D eigenvalue weighted by molar-refractivity contribution is -0.115. The fourth-order valence-corrected chi connectivity index (χ4v) is 1.97. The molecule has 1 rings (SSSR count). The summed E-state index contributed by atoms with van der Waals surface area (Å²) in [6.45, 7) is 2.43. The molecule has 0 aromatic heterocycles. The third-order valence-electron chi connectivity index (χ3n) is 1.80. The van der Waals surface area contributed by atoms with Crippen molar-refractivity contribution in [1.29, 1.82) is 0 Å². The molecule has 2 N–H and O–H groups in total. The highest BCUT2D eigenvalue weighted by atomic mass is 32.2. The van der Waals surface area contributed by atoms with Crippen LogP contribution in [-0.4, -0.2) is 25.3 Å². The highest BCUT2D eigenvalue weighted by Gasteiger charge is 2.04. The molecule has 0 aliphatic heterocycles. The van der Waals surface area contributed by atoms with Crippen molar-refractivity contribution >= 4 is 23.4 Å². The van der Waals surface area contributed by atoms with Crippen molar-refractivity contribution in [2.24, 2.45) is 0 Å². The van der Waals surface area contributed by atoms with Gasteiger partial charge in [-0.3, -0.25) is 4.79 Å². The number of nitrogens with one attached hydrogen (secondary N) is 2. The van der Waals surface area contributed by atoms with Gasteiger partial charge in [-0.2, -0.15) is 0 Å². The van der Waals surface area contributed by atoms with Gasteiger partial charge in [0.25, 0.3) is 0 Å². The van der Waals surface area contributed by atoms with E-state index in [-0.39, 0.29) is 5.91 Å². The van der Waals surface area contributed by atoms with Crippen molar-refractivity contribution in [2.45, 2.75) is 11.8 Å². The molecule has 0 heterocycles. The molecule has 0 aliphatic carbocycles. The summed E-state index contributed by atoms with van der Waals surface area (Å²) in [7, 11) is 1.76. The average Bonchev–Trinajstić information content (AvgIpc) is 2.21. The van der Waals surface area contributed by atoms with E-state index in [1.165, 1.54) is 0 Å². The van der Waals surface area contributed by atoms with E-state index < -0.39 is 0 Å². The van der Waals surface area contributed by atoms with Gasteiger partial charge in [0, 0.05) is 4.90 Å². The van der Waals surface area contributed by atoms with E-state index in [1.54, 1.807) is 18.8 Å². The second kappa shape index (κ2) is 6.48. The van der Waals surface area contributed by atoms with Gasteiger partial charge in [-0.25, -0.2) is 0 Å². The number of rotatable bonds is 5. The molecule has 4 heteroatoms. The highest BCUT2D eigenvalue weighted by Crippen LogP contribution is 2.26. The maximum atomic E-state index is 11.4. The predicted octanol–water partition coefficient (Wildman–Crippen LogP) is 1.96. The quantitative estimate of drug-likeness (QED) is 0.751. The van der Waals surface area contributed by atoms with Crippen LogP contribution in [0.1, 0.15) is 6.92 Å². The standard InChI is InChI=1S/C11H16N2OS/c1-3-15-10-7-5-4-6-9(10)13-11(14)8-12-2/h4-7,12H,3,8H2,1-2H3,(H,13,14). The minimum atomic E-state index is -0.0124. The second-order valence-corrected chi connectivity index (χ2v) is 4.31. The van der Waals surface area contributed by atoms with E-state index in [0.717, 1.165) is 16.3 Å². The van der Waals surface area contributed by atoms with Crippen LogP contribution in [-0.2, 0) is 4.79 Å². The Kier molecular flexibility index (Phi) is 5.21. The monoisotopic (exact) mass is 224 g/mol. The van der Waals surface area contributed by atoms with Gasteiger partial charge in [-0.1, -0.05) is 19.1 Å². The molecule has 0 radical (unpaired) electrons. The molecule has 1 aromatic carbocycles. The van der Waals surface area contributed by atoms with Gasteiger partial charge in [0.15, 0.2) is 0 Å². The number of thioether (sulfide) groups is 1. The zero-order valence-corrected chi connectivity index (χ0v) is 9.86. The van der Waals surface area contributed by atoms with E-state index in [4.69, 9.17) is 0 Å². The molecule has 0 aliphatic rings. The molecule has 0 bridgehead atoms. The van der Waals surface area contributed by atoms with Gasteiger partial charge in [0.05, 0.1) is 12.2 Å². The number of carbonyl (C=O) groups is 1. The summed E-state index contributed by atoms with van der Waals surface area (Å²) >= 11 is 1.73. The van der Waals surface area contributed by atoms with E-state index >= 15 is 0 Å². The topological polar surface area (TPSA) is 41.1 Å². The molecule has 82 valence electrons. The Morgan fingerprint density at radius 2 is 2.13 bits per heavy atom. The average molecular weight is 224 g/mol. The van der Waals surface area contributed by atoms with Crippen molar-refractivity contribution in [1.82, 2.24) is 5.32 Å². The number of hydrogen-bond acceptors (Lipinski definition) is 3. The molecule has 3 nitrogen and oxygen atoms in total. The minimum Gasteiger partial charge on any atom is -0.324 e. The normalized spacial score (nSPS) is 10.0. The number of hydrogen-bond donors (Lipinski definition) is 2. The fourth-order valence-electron chi connectivity index (χ4n) is 1.21. The Bertz CT molecular complexity index is 328. The van der Waals surface area contributed by atoms with Crippen molar-refractivity contribution in [2.75, 3.05) is 24.7 Å². The first-order valence-corrected chi connectivity index (χ1v) is 5.92. The first-order valence-electron chi connectivity index (χ1n) is 4.94. The smallest absolute Gasteiger partial charge is 0.238 e. The summed E-state index contributed by atoms with van der Waals surface area (Å²) in [6.07, 6.45) is 0. The summed E-state index contributed by atoms with van der Waals surface area (Å²) in [4.78, 5) is 12.5. The SMILES string of the molecule is CCSc1ccccc1NC(=O)CNC. The summed E-state index contributed by atoms with van der Waals surface area (Å²) in [5, 5.41) is 5.69. The molecule has 0 saturated carbocycles. The highest BCUT2D eigenvalue weighted by molar-refractivity contribution is 7.99. The lowest BCUT2D eigenvalue weighted by Crippen LogP contribution is -2.25. The first-order chi connectivity index (χ1) is 7.27. The van der Waals surface area contributed by atoms with Crippen molar-refractivity contribution in [3.63, 3.8) is 0 Å². The molecule has 0 unspecified atom stereocenters. The number of para-hydroxylation sites is 1. The Labute approximate surface area is 94.6 Å². The maximum absolute atomic E-state index is 11.4. The Hall–Kier alpha value is -1.00. The van der Waals surface area contributed by atoms with Crippen LogP contribution in [0.5, 0.6) is 0 Å². The van der Waals surface area contributed by atoms with Crippen LogP contribution in [0, 0.1) is 0 Å². The van der Waals surface area contributed by atoms with Gasteiger partial charge in [-0.05, 0) is 24.9 Å². The molecule has 0 atom stereocenters. The summed E-state index contributed by atoms with van der Waals surface area (Å²) < 4.78 is 0. The van der Waals surface area contributed by atoms with Crippen molar-refractivity contribution in [3.05, 3.63) is 24.3 Å². The number of likely N-dealkylation sites (N-methyl/N-ethyl adjacent to an activating group) is 1. The molecule has 15 heavy (non-hydrogen) atoms. The van der Waals surface area contributed by atoms with Crippen LogP contribution in [0.4, 0.5) is 5.69 Å². The van der Waals surface area contributed by atoms with E-state index in [9.17, 15) is 4.79 Å². The van der Waals surface area contributed by atoms with Crippen molar-refractivity contribution in [3.8, 4) is 0 Å². The molecular formula is C11H16N2OS. The van der Waals surface area contributed by atoms with Gasteiger partial charge in [0.2, 0.25) is 5.91 Å². The largest absolute Gasteiger partial charge is 0.324 e. The third-order valence-corrected chi connectivity index (χ3v) is 2.75. The van der Waals surface area contributed by atoms with Crippen LogP contribution >= 0.6 is 11.8 Å². The van der Waals surface area contributed by atoms with Crippen LogP contribution in [0.25, 0.3) is 0 Å². The van der Waals surface area contributed by atoms with E-state index in [2.05, 4.69) is 17.6 Å². The minimum absolute atomic E-state index is 0.0124. The zero-order chi connectivity index (χ0) is 11.1. The van der Waals surface area contributed by atoms with Gasteiger partial charge < -0.3 is 10.6 Å². The van der Waals surface area contributed by atoms with Gasteiger partial charge in [-0.15, -0.1) is 11.8 Å². The fraction of sp³-hybridized carbons (Fsp3) is 0.364.